The van der Waals surface area contributed by atoms with Gasteiger partial charge in [-0.1, -0.05) is 26.8 Å². The van der Waals surface area contributed by atoms with E-state index in [0.717, 1.165) is 6.42 Å². The number of aromatic nitrogens is 4. The highest BCUT2D eigenvalue weighted by atomic mass is 32.2. The first-order valence-corrected chi connectivity index (χ1v) is 9.90. The number of ether oxygens (including phenoxy) is 1. The number of hydrogen-bond acceptors (Lipinski definition) is 7. The molecule has 1 aromatic heterocycles. The third-order valence-electron chi connectivity index (χ3n) is 3.79. The topological polar surface area (TPSA) is 107 Å². The van der Waals surface area contributed by atoms with Crippen LogP contribution in [0.5, 0.6) is 0 Å². The van der Waals surface area contributed by atoms with E-state index in [4.69, 9.17) is 4.74 Å². The van der Waals surface area contributed by atoms with Gasteiger partial charge in [0, 0.05) is 19.6 Å². The van der Waals surface area contributed by atoms with Gasteiger partial charge in [-0.25, -0.2) is 17.9 Å². The molecule has 0 unspecified atom stereocenters. The zero-order valence-electron chi connectivity index (χ0n) is 15.1. The van der Waals surface area contributed by atoms with Crippen LogP contribution in [0.4, 0.5) is 0 Å². The lowest BCUT2D eigenvalue weighted by Gasteiger charge is -2.18. The molecule has 0 spiro atoms. The molecule has 2 aromatic rings. The zero-order chi connectivity index (χ0) is 19.2. The number of sulfonamides is 1. The molecule has 0 atom stereocenters. The molecular formula is C16H23N5O4S. The normalized spacial score (nSPS) is 11.7. The van der Waals surface area contributed by atoms with Crippen LogP contribution in [0.2, 0.25) is 0 Å². The van der Waals surface area contributed by atoms with Gasteiger partial charge in [0.25, 0.3) is 0 Å². The van der Waals surface area contributed by atoms with Gasteiger partial charge in [-0.05, 0) is 35.0 Å². The first-order valence-electron chi connectivity index (χ1n) is 8.46. The second kappa shape index (κ2) is 8.86. The molecule has 9 nitrogen and oxygen atoms in total. The van der Waals surface area contributed by atoms with E-state index < -0.39 is 16.0 Å². The summed E-state index contributed by atoms with van der Waals surface area (Å²) in [7, 11) is -3.64. The van der Waals surface area contributed by atoms with Gasteiger partial charge in [0.05, 0.1) is 10.5 Å². The van der Waals surface area contributed by atoms with E-state index in [1.54, 1.807) is 18.5 Å². The Morgan fingerprint density at radius 2 is 1.96 bits per heavy atom. The lowest BCUT2D eigenvalue weighted by Crippen LogP contribution is -2.30. The number of hydrogen-bond donors (Lipinski definition) is 0. The van der Waals surface area contributed by atoms with Crippen molar-refractivity contribution in [2.24, 2.45) is 0 Å². The maximum absolute atomic E-state index is 12.6. The minimum Gasteiger partial charge on any atom is -0.454 e. The molecule has 10 heteroatoms. The van der Waals surface area contributed by atoms with E-state index in [-0.39, 0.29) is 17.1 Å². The van der Waals surface area contributed by atoms with Crippen LogP contribution < -0.4 is 0 Å². The average molecular weight is 381 g/mol. The third kappa shape index (κ3) is 4.44. The minimum atomic E-state index is -3.64. The van der Waals surface area contributed by atoms with E-state index >= 15 is 0 Å². The number of benzene rings is 1. The number of esters is 1. The van der Waals surface area contributed by atoms with Gasteiger partial charge in [0.15, 0.2) is 12.4 Å². The van der Waals surface area contributed by atoms with Crippen LogP contribution in [-0.2, 0) is 27.9 Å². The smallest absolute Gasteiger partial charge is 0.338 e. The average Bonchev–Trinajstić information content (AvgIpc) is 3.08. The lowest BCUT2D eigenvalue weighted by molar-refractivity contribution is 0.0456. The fraction of sp³-hybridized carbons (Fsp3) is 0.500. The second-order valence-corrected chi connectivity index (χ2v) is 7.45. The van der Waals surface area contributed by atoms with Gasteiger partial charge < -0.3 is 4.74 Å². The van der Waals surface area contributed by atoms with Gasteiger partial charge in [-0.15, -0.1) is 5.10 Å². The summed E-state index contributed by atoms with van der Waals surface area (Å²) in [5, 5.41) is 11.2. The van der Waals surface area contributed by atoms with E-state index in [0.29, 0.717) is 25.5 Å². The van der Waals surface area contributed by atoms with E-state index in [1.807, 2.05) is 6.92 Å². The molecule has 1 aromatic carbocycles. The molecule has 0 N–H and O–H groups in total. The quantitative estimate of drug-likeness (QED) is 0.605. The number of aryl methyl sites for hydroxylation is 1. The molecule has 0 aliphatic carbocycles. The molecule has 0 amide bonds. The minimum absolute atomic E-state index is 0.0615. The highest BCUT2D eigenvalue weighted by Gasteiger charge is 2.23. The third-order valence-corrected chi connectivity index (χ3v) is 5.83. The van der Waals surface area contributed by atoms with Crippen LogP contribution in [0, 0.1) is 0 Å². The summed E-state index contributed by atoms with van der Waals surface area (Å²) in [5.41, 5.74) is 0.160. The van der Waals surface area contributed by atoms with Crippen molar-refractivity contribution >= 4 is 16.0 Å². The van der Waals surface area contributed by atoms with Crippen LogP contribution in [-0.4, -0.2) is 52.0 Å². The molecule has 1 heterocycles. The summed E-state index contributed by atoms with van der Waals surface area (Å²) >= 11 is 0. The molecule has 26 heavy (non-hydrogen) atoms. The predicted molar refractivity (Wildman–Crippen MR) is 93.8 cm³/mol. The van der Waals surface area contributed by atoms with Gasteiger partial charge in [0.2, 0.25) is 10.0 Å². The molecule has 0 aliphatic rings. The predicted octanol–water partition coefficient (Wildman–Crippen LogP) is 1.47. The van der Waals surface area contributed by atoms with Crippen LogP contribution in [0.1, 0.15) is 43.4 Å². The molecule has 0 saturated carbocycles. The van der Waals surface area contributed by atoms with Gasteiger partial charge >= 0.3 is 5.97 Å². The molecule has 0 radical (unpaired) electrons. The summed E-state index contributed by atoms with van der Waals surface area (Å²) in [6.07, 6.45) is 0.844. The van der Waals surface area contributed by atoms with Gasteiger partial charge in [-0.2, -0.15) is 4.31 Å². The van der Waals surface area contributed by atoms with Crippen molar-refractivity contribution < 1.29 is 17.9 Å². The molecule has 2 rings (SSSR count). The molecule has 0 saturated heterocycles. The van der Waals surface area contributed by atoms with Crippen LogP contribution in [0.15, 0.2) is 29.2 Å². The van der Waals surface area contributed by atoms with E-state index in [2.05, 4.69) is 15.5 Å². The zero-order valence-corrected chi connectivity index (χ0v) is 15.9. The van der Waals surface area contributed by atoms with E-state index in [1.165, 1.54) is 28.6 Å². The molecule has 0 fully saturated rings. The Morgan fingerprint density at radius 3 is 2.62 bits per heavy atom. The van der Waals surface area contributed by atoms with Gasteiger partial charge in [0.1, 0.15) is 0 Å². The maximum Gasteiger partial charge on any atom is 0.338 e. The highest BCUT2D eigenvalue weighted by molar-refractivity contribution is 7.89. The van der Waals surface area contributed by atoms with Crippen LogP contribution >= 0.6 is 0 Å². The van der Waals surface area contributed by atoms with Crippen LogP contribution in [0.3, 0.4) is 0 Å². The Bertz CT molecular complexity index is 846. The fourth-order valence-corrected chi connectivity index (χ4v) is 3.93. The van der Waals surface area contributed by atoms with Crippen molar-refractivity contribution in [1.29, 1.82) is 0 Å². The Labute approximate surface area is 153 Å². The summed E-state index contributed by atoms with van der Waals surface area (Å²) in [6.45, 7) is 6.76. The second-order valence-electron chi connectivity index (χ2n) is 5.51. The Morgan fingerprint density at radius 1 is 1.23 bits per heavy atom. The van der Waals surface area contributed by atoms with Gasteiger partial charge in [-0.3, -0.25) is 0 Å². The maximum atomic E-state index is 12.6. The number of tetrazole rings is 1. The van der Waals surface area contributed by atoms with Crippen molar-refractivity contribution in [2.75, 3.05) is 13.1 Å². The standard InChI is InChI=1S/C16H23N5O4S/c1-4-10-21-15(17-18-19-21)12-25-16(22)13-8-7-9-14(11-13)26(23,24)20(5-2)6-3/h7-9,11H,4-6,10,12H2,1-3H3. The monoisotopic (exact) mass is 381 g/mol. The summed E-state index contributed by atoms with van der Waals surface area (Å²) in [5.74, 6) is -0.195. The summed E-state index contributed by atoms with van der Waals surface area (Å²) < 4.78 is 33.3. The molecule has 0 bridgehead atoms. The summed E-state index contributed by atoms with van der Waals surface area (Å²) in [4.78, 5) is 12.4. The Balaban J connectivity index is 2.14. The Hall–Kier alpha value is -2.33. The Kier molecular flexibility index (Phi) is 6.81. The van der Waals surface area contributed by atoms with Crippen molar-refractivity contribution in [3.63, 3.8) is 0 Å². The molecule has 0 aliphatic heterocycles. The van der Waals surface area contributed by atoms with Crippen LogP contribution in [0.25, 0.3) is 0 Å². The number of rotatable bonds is 9. The first-order chi connectivity index (χ1) is 12.4. The number of carbonyl (C=O) groups excluding carboxylic acids is 1. The first kappa shape index (κ1) is 20.0. The summed E-state index contributed by atoms with van der Waals surface area (Å²) in [6, 6.07) is 5.82. The van der Waals surface area contributed by atoms with Crippen molar-refractivity contribution in [2.45, 2.75) is 45.2 Å². The highest BCUT2D eigenvalue weighted by Crippen LogP contribution is 2.17. The molecule has 142 valence electrons. The molecular weight excluding hydrogens is 358 g/mol. The SMILES string of the molecule is CCCn1nnnc1COC(=O)c1cccc(S(=O)(=O)N(CC)CC)c1. The fourth-order valence-electron chi connectivity index (χ4n) is 2.42. The largest absolute Gasteiger partial charge is 0.454 e. The van der Waals surface area contributed by atoms with Crippen molar-refractivity contribution in [3.8, 4) is 0 Å². The number of nitrogens with zero attached hydrogens (tertiary/aromatic N) is 5. The number of carbonyl (C=O) groups is 1. The van der Waals surface area contributed by atoms with Crippen molar-refractivity contribution in [3.05, 3.63) is 35.7 Å². The van der Waals surface area contributed by atoms with Crippen molar-refractivity contribution in [1.82, 2.24) is 24.5 Å². The van der Waals surface area contributed by atoms with E-state index in [9.17, 15) is 13.2 Å². The lowest BCUT2D eigenvalue weighted by atomic mass is 10.2.